The third kappa shape index (κ3) is 3.60. The zero-order valence-corrected chi connectivity index (χ0v) is 13.0. The quantitative estimate of drug-likeness (QED) is 0.797. The van der Waals surface area contributed by atoms with E-state index in [1.165, 1.54) is 14.2 Å². The zero-order chi connectivity index (χ0) is 15.5. The molecule has 0 aliphatic carbocycles. The molecular weight excluding hydrogens is 316 g/mol. The van der Waals surface area contributed by atoms with E-state index in [9.17, 15) is 8.42 Å². The van der Waals surface area contributed by atoms with Gasteiger partial charge in [-0.05, 0) is 17.7 Å². The molecule has 1 aromatic carbocycles. The molecule has 0 radical (unpaired) electrons. The van der Waals surface area contributed by atoms with Gasteiger partial charge in [0.1, 0.15) is 0 Å². The van der Waals surface area contributed by atoms with E-state index in [2.05, 4.69) is 14.9 Å². The van der Waals surface area contributed by atoms with Crippen LogP contribution >= 0.6 is 11.3 Å². The van der Waals surface area contributed by atoms with Crippen molar-refractivity contribution >= 4 is 26.5 Å². The SMILES string of the molecule is COc1ccc(CNS(=O)(=O)c2nnc(N)s2)cc1OC. The highest BCUT2D eigenvalue weighted by Crippen LogP contribution is 2.27. The van der Waals surface area contributed by atoms with Crippen LogP contribution in [-0.2, 0) is 16.6 Å². The normalized spacial score (nSPS) is 11.3. The molecule has 0 saturated heterocycles. The zero-order valence-electron chi connectivity index (χ0n) is 11.4. The van der Waals surface area contributed by atoms with Crippen LogP contribution in [0.25, 0.3) is 0 Å². The summed E-state index contributed by atoms with van der Waals surface area (Å²) in [6, 6.07) is 5.12. The molecule has 2 rings (SSSR count). The first kappa shape index (κ1) is 15.5. The highest BCUT2D eigenvalue weighted by Gasteiger charge is 2.19. The van der Waals surface area contributed by atoms with Crippen molar-refractivity contribution in [3.05, 3.63) is 23.8 Å². The number of methoxy groups -OCH3 is 2. The van der Waals surface area contributed by atoms with Gasteiger partial charge in [0.05, 0.1) is 14.2 Å². The van der Waals surface area contributed by atoms with Crippen molar-refractivity contribution in [3.8, 4) is 11.5 Å². The Hall–Kier alpha value is -1.91. The molecule has 2 aromatic rings. The predicted octanol–water partition coefficient (Wildman–Crippen LogP) is 0.616. The first-order valence-electron chi connectivity index (χ1n) is 5.76. The Morgan fingerprint density at radius 2 is 1.95 bits per heavy atom. The molecule has 21 heavy (non-hydrogen) atoms. The second kappa shape index (κ2) is 6.24. The van der Waals surface area contributed by atoms with Crippen molar-refractivity contribution in [1.82, 2.24) is 14.9 Å². The molecule has 8 nitrogen and oxygen atoms in total. The molecule has 0 fully saturated rings. The molecule has 0 aliphatic heterocycles. The average Bonchev–Trinajstić information content (AvgIpc) is 2.92. The number of rotatable bonds is 6. The Bertz CT molecular complexity index is 730. The van der Waals surface area contributed by atoms with Crippen molar-refractivity contribution < 1.29 is 17.9 Å². The van der Waals surface area contributed by atoms with Gasteiger partial charge in [-0.15, -0.1) is 10.2 Å². The summed E-state index contributed by atoms with van der Waals surface area (Å²) in [5, 5.41) is 7.09. The van der Waals surface area contributed by atoms with Crippen molar-refractivity contribution in [2.45, 2.75) is 10.9 Å². The number of aromatic nitrogens is 2. The number of benzene rings is 1. The minimum Gasteiger partial charge on any atom is -0.493 e. The number of nitrogens with zero attached hydrogens (tertiary/aromatic N) is 2. The lowest BCUT2D eigenvalue weighted by Crippen LogP contribution is -2.23. The topological polar surface area (TPSA) is 116 Å². The third-order valence-electron chi connectivity index (χ3n) is 2.57. The number of nitrogens with one attached hydrogen (secondary N) is 1. The maximum absolute atomic E-state index is 12.0. The van der Waals surface area contributed by atoms with Gasteiger partial charge in [0, 0.05) is 6.54 Å². The fourth-order valence-corrected chi connectivity index (χ4v) is 3.40. The third-order valence-corrected chi connectivity index (χ3v) is 5.09. The first-order valence-corrected chi connectivity index (χ1v) is 8.06. The van der Waals surface area contributed by atoms with E-state index in [1.54, 1.807) is 18.2 Å². The van der Waals surface area contributed by atoms with Crippen LogP contribution in [0.1, 0.15) is 5.56 Å². The van der Waals surface area contributed by atoms with Gasteiger partial charge in [0.25, 0.3) is 10.0 Å². The summed E-state index contributed by atoms with van der Waals surface area (Å²) in [6.45, 7) is 0.0855. The van der Waals surface area contributed by atoms with Crippen molar-refractivity contribution in [2.75, 3.05) is 20.0 Å². The van der Waals surface area contributed by atoms with Crippen LogP contribution in [-0.4, -0.2) is 32.8 Å². The molecule has 0 saturated carbocycles. The molecule has 114 valence electrons. The molecule has 10 heteroatoms. The highest BCUT2D eigenvalue weighted by molar-refractivity contribution is 7.91. The maximum Gasteiger partial charge on any atom is 0.270 e. The smallest absolute Gasteiger partial charge is 0.270 e. The van der Waals surface area contributed by atoms with Crippen LogP contribution in [0.2, 0.25) is 0 Å². The maximum atomic E-state index is 12.0. The van der Waals surface area contributed by atoms with Crippen LogP contribution in [0, 0.1) is 0 Å². The fraction of sp³-hybridized carbons (Fsp3) is 0.273. The molecule has 0 spiro atoms. The van der Waals surface area contributed by atoms with E-state index in [-0.39, 0.29) is 16.0 Å². The van der Waals surface area contributed by atoms with Gasteiger partial charge < -0.3 is 15.2 Å². The lowest BCUT2D eigenvalue weighted by atomic mass is 10.2. The summed E-state index contributed by atoms with van der Waals surface area (Å²) in [5.74, 6) is 1.09. The molecule has 0 atom stereocenters. The number of ether oxygens (including phenoxy) is 2. The van der Waals surface area contributed by atoms with Crippen LogP contribution in [0.5, 0.6) is 11.5 Å². The minimum absolute atomic E-state index is 0.0855. The number of anilines is 1. The van der Waals surface area contributed by atoms with Crippen LogP contribution in [0.3, 0.4) is 0 Å². The van der Waals surface area contributed by atoms with Gasteiger partial charge in [-0.2, -0.15) is 0 Å². The summed E-state index contributed by atoms with van der Waals surface area (Å²) < 4.78 is 36.5. The van der Waals surface area contributed by atoms with Gasteiger partial charge in [-0.3, -0.25) is 0 Å². The second-order valence-corrected chi connectivity index (χ2v) is 6.87. The van der Waals surface area contributed by atoms with Gasteiger partial charge in [0.2, 0.25) is 9.47 Å². The van der Waals surface area contributed by atoms with Gasteiger partial charge >= 0.3 is 0 Å². The molecule has 0 unspecified atom stereocenters. The standard InChI is InChI=1S/C11H14N4O4S2/c1-18-8-4-3-7(5-9(8)19-2)6-13-21(16,17)11-15-14-10(12)20-11/h3-5,13H,6H2,1-2H3,(H2,12,14). The largest absolute Gasteiger partial charge is 0.493 e. The van der Waals surface area contributed by atoms with Gasteiger partial charge in [0.15, 0.2) is 11.5 Å². The molecule has 0 amide bonds. The number of hydrogen-bond donors (Lipinski definition) is 2. The Morgan fingerprint density at radius 3 is 2.52 bits per heavy atom. The van der Waals surface area contributed by atoms with E-state index in [0.29, 0.717) is 17.1 Å². The van der Waals surface area contributed by atoms with Crippen molar-refractivity contribution in [2.24, 2.45) is 0 Å². The molecule has 1 aromatic heterocycles. The number of nitrogen functional groups attached to an aromatic ring is 1. The van der Waals surface area contributed by atoms with E-state index < -0.39 is 10.0 Å². The lowest BCUT2D eigenvalue weighted by molar-refractivity contribution is 0.354. The summed E-state index contributed by atoms with van der Waals surface area (Å²) >= 11 is 0.804. The minimum atomic E-state index is -3.73. The molecule has 0 aliphatic rings. The van der Waals surface area contributed by atoms with E-state index in [4.69, 9.17) is 15.2 Å². The Balaban J connectivity index is 2.13. The number of nitrogens with two attached hydrogens (primary N) is 1. The van der Waals surface area contributed by atoms with Crippen LogP contribution < -0.4 is 19.9 Å². The Labute approximate surface area is 126 Å². The van der Waals surface area contributed by atoms with Crippen molar-refractivity contribution in [1.29, 1.82) is 0 Å². The average molecular weight is 330 g/mol. The molecule has 0 bridgehead atoms. The predicted molar refractivity (Wildman–Crippen MR) is 77.9 cm³/mol. The Kier molecular flexibility index (Phi) is 4.60. The van der Waals surface area contributed by atoms with E-state index >= 15 is 0 Å². The summed E-state index contributed by atoms with van der Waals surface area (Å²) in [6.07, 6.45) is 0. The number of sulfonamides is 1. The van der Waals surface area contributed by atoms with Crippen LogP contribution in [0.15, 0.2) is 22.5 Å². The molecular formula is C11H14N4O4S2. The molecule has 1 heterocycles. The summed E-state index contributed by atoms with van der Waals surface area (Å²) in [5.41, 5.74) is 6.09. The van der Waals surface area contributed by atoms with E-state index in [1.807, 2.05) is 0 Å². The second-order valence-electron chi connectivity index (χ2n) is 3.92. The number of hydrogen-bond acceptors (Lipinski definition) is 8. The summed E-state index contributed by atoms with van der Waals surface area (Å²) in [4.78, 5) is 0. The van der Waals surface area contributed by atoms with Crippen LogP contribution in [0.4, 0.5) is 5.13 Å². The fourth-order valence-electron chi connectivity index (χ4n) is 1.56. The van der Waals surface area contributed by atoms with E-state index in [0.717, 1.165) is 11.3 Å². The lowest BCUT2D eigenvalue weighted by Gasteiger charge is -2.09. The van der Waals surface area contributed by atoms with Gasteiger partial charge in [-0.25, -0.2) is 13.1 Å². The highest BCUT2D eigenvalue weighted by atomic mass is 32.2. The monoisotopic (exact) mass is 330 g/mol. The van der Waals surface area contributed by atoms with Crippen molar-refractivity contribution in [3.63, 3.8) is 0 Å². The molecule has 3 N–H and O–H groups in total. The first-order chi connectivity index (χ1) is 9.96. The Morgan fingerprint density at radius 1 is 1.24 bits per heavy atom. The summed E-state index contributed by atoms with van der Waals surface area (Å²) in [7, 11) is -0.692. The van der Waals surface area contributed by atoms with Gasteiger partial charge in [-0.1, -0.05) is 17.4 Å².